The molecule has 0 atom stereocenters. The predicted octanol–water partition coefficient (Wildman–Crippen LogP) is 7.55. The van der Waals surface area contributed by atoms with E-state index < -0.39 is 0 Å². The predicted molar refractivity (Wildman–Crippen MR) is 98.5 cm³/mol. The molecule has 1 heteroatoms. The minimum atomic E-state index is 1.31. The van der Waals surface area contributed by atoms with E-state index in [2.05, 4.69) is 24.6 Å². The van der Waals surface area contributed by atoms with Crippen molar-refractivity contribution in [3.05, 3.63) is 21.9 Å². The first-order valence-corrected chi connectivity index (χ1v) is 10.4. The van der Waals surface area contributed by atoms with Crippen molar-refractivity contribution in [2.45, 2.75) is 104 Å². The largest absolute Gasteiger partial charge is 0.152 e. The molecule has 0 fully saturated rings. The van der Waals surface area contributed by atoms with E-state index in [-0.39, 0.29) is 0 Å². The van der Waals surface area contributed by atoms with Gasteiger partial charge in [0, 0.05) is 0 Å². The quantitative estimate of drug-likeness (QED) is 0.311. The molecule has 0 amide bonds. The SMILES string of the molecule is CCCCCCCCCCCc1cscc1CCCCC. The summed E-state index contributed by atoms with van der Waals surface area (Å²) in [6.45, 7) is 4.58. The Balaban J connectivity index is 2.01. The maximum atomic E-state index is 2.39. The van der Waals surface area contributed by atoms with E-state index in [0.29, 0.717) is 0 Å². The zero-order valence-corrected chi connectivity index (χ0v) is 15.3. The lowest BCUT2D eigenvalue weighted by Crippen LogP contribution is -1.91. The maximum absolute atomic E-state index is 2.39. The molecule has 0 aliphatic rings. The van der Waals surface area contributed by atoms with E-state index in [1.807, 2.05) is 11.3 Å². The summed E-state index contributed by atoms with van der Waals surface area (Å²) >= 11 is 1.90. The molecule has 0 unspecified atom stereocenters. The Hall–Kier alpha value is -0.300. The standard InChI is InChI=1S/C20H36S/c1-3-5-7-8-9-10-11-12-14-16-20-18-21-17-19(20)15-13-6-4-2/h17-18H,3-16H2,1-2H3. The maximum Gasteiger partial charge on any atom is -0.00584 e. The minimum Gasteiger partial charge on any atom is -0.152 e. The van der Waals surface area contributed by atoms with Crippen LogP contribution in [0.4, 0.5) is 0 Å². The van der Waals surface area contributed by atoms with Crippen molar-refractivity contribution in [1.29, 1.82) is 0 Å². The van der Waals surface area contributed by atoms with Crippen molar-refractivity contribution in [2.75, 3.05) is 0 Å². The summed E-state index contributed by atoms with van der Waals surface area (Å²) in [6.07, 6.45) is 19.6. The van der Waals surface area contributed by atoms with E-state index >= 15 is 0 Å². The molecule has 0 saturated carbocycles. The number of thiophene rings is 1. The fourth-order valence-electron chi connectivity index (χ4n) is 2.98. The Labute approximate surface area is 137 Å². The second-order valence-corrected chi connectivity index (χ2v) is 7.20. The average Bonchev–Trinajstić information content (AvgIpc) is 2.93. The minimum absolute atomic E-state index is 1.31. The third-order valence-corrected chi connectivity index (χ3v) is 5.27. The summed E-state index contributed by atoms with van der Waals surface area (Å²) in [5, 5.41) is 4.78. The van der Waals surface area contributed by atoms with Gasteiger partial charge in [-0.25, -0.2) is 0 Å². The van der Waals surface area contributed by atoms with Crippen LogP contribution in [0.5, 0.6) is 0 Å². The van der Waals surface area contributed by atoms with Crippen LogP contribution in [0.3, 0.4) is 0 Å². The van der Waals surface area contributed by atoms with Crippen LogP contribution in [0.15, 0.2) is 10.8 Å². The van der Waals surface area contributed by atoms with Crippen molar-refractivity contribution in [2.24, 2.45) is 0 Å². The molecule has 1 rings (SSSR count). The molecular formula is C20H36S. The van der Waals surface area contributed by atoms with Gasteiger partial charge >= 0.3 is 0 Å². The Bertz CT molecular complexity index is 326. The van der Waals surface area contributed by atoms with E-state index in [4.69, 9.17) is 0 Å². The molecule has 0 spiro atoms. The highest BCUT2D eigenvalue weighted by atomic mass is 32.1. The molecule has 1 aromatic heterocycles. The summed E-state index contributed by atoms with van der Waals surface area (Å²) in [7, 11) is 0. The summed E-state index contributed by atoms with van der Waals surface area (Å²) in [5.41, 5.74) is 3.30. The number of hydrogen-bond donors (Lipinski definition) is 0. The van der Waals surface area contributed by atoms with Crippen LogP contribution in [0.25, 0.3) is 0 Å². The van der Waals surface area contributed by atoms with Crippen LogP contribution in [0.1, 0.15) is 102 Å². The smallest absolute Gasteiger partial charge is 0.00584 e. The lowest BCUT2D eigenvalue weighted by atomic mass is 10.0. The van der Waals surface area contributed by atoms with Gasteiger partial charge in [0.05, 0.1) is 0 Å². The number of rotatable bonds is 14. The van der Waals surface area contributed by atoms with Gasteiger partial charge < -0.3 is 0 Å². The number of hydrogen-bond acceptors (Lipinski definition) is 1. The van der Waals surface area contributed by atoms with Crippen molar-refractivity contribution >= 4 is 11.3 Å². The summed E-state index contributed by atoms with van der Waals surface area (Å²) in [6, 6.07) is 0. The lowest BCUT2D eigenvalue weighted by Gasteiger charge is -2.05. The first kappa shape index (κ1) is 18.7. The zero-order valence-electron chi connectivity index (χ0n) is 14.5. The molecule has 0 radical (unpaired) electrons. The van der Waals surface area contributed by atoms with Gasteiger partial charge in [0.25, 0.3) is 0 Å². The van der Waals surface area contributed by atoms with E-state index in [0.717, 1.165) is 0 Å². The van der Waals surface area contributed by atoms with Crippen LogP contribution >= 0.6 is 11.3 Å². The molecule has 0 nitrogen and oxygen atoms in total. The van der Waals surface area contributed by atoms with Crippen LogP contribution < -0.4 is 0 Å². The molecule has 0 saturated heterocycles. The Morgan fingerprint density at radius 2 is 0.952 bits per heavy atom. The van der Waals surface area contributed by atoms with Gasteiger partial charge in [0.1, 0.15) is 0 Å². The fourth-order valence-corrected chi connectivity index (χ4v) is 3.92. The molecular weight excluding hydrogens is 272 g/mol. The van der Waals surface area contributed by atoms with Gasteiger partial charge in [0.2, 0.25) is 0 Å². The van der Waals surface area contributed by atoms with Gasteiger partial charge in [-0.05, 0) is 47.6 Å². The Morgan fingerprint density at radius 3 is 1.48 bits per heavy atom. The van der Waals surface area contributed by atoms with E-state index in [1.165, 1.54) is 89.9 Å². The number of unbranched alkanes of at least 4 members (excludes halogenated alkanes) is 10. The van der Waals surface area contributed by atoms with E-state index in [1.54, 1.807) is 11.1 Å². The second kappa shape index (κ2) is 13.4. The van der Waals surface area contributed by atoms with Crippen LogP contribution in [0.2, 0.25) is 0 Å². The highest BCUT2D eigenvalue weighted by Crippen LogP contribution is 2.20. The van der Waals surface area contributed by atoms with Crippen molar-refractivity contribution in [3.8, 4) is 0 Å². The topological polar surface area (TPSA) is 0 Å². The molecule has 0 aliphatic heterocycles. The molecule has 1 heterocycles. The monoisotopic (exact) mass is 308 g/mol. The van der Waals surface area contributed by atoms with Gasteiger partial charge in [-0.15, -0.1) is 0 Å². The van der Waals surface area contributed by atoms with Gasteiger partial charge in [-0.2, -0.15) is 11.3 Å². The first-order valence-electron chi connectivity index (χ1n) is 9.42. The lowest BCUT2D eigenvalue weighted by molar-refractivity contribution is 0.564. The molecule has 0 bridgehead atoms. The summed E-state index contributed by atoms with van der Waals surface area (Å²) in [4.78, 5) is 0. The van der Waals surface area contributed by atoms with Gasteiger partial charge in [-0.3, -0.25) is 0 Å². The molecule has 0 aliphatic carbocycles. The van der Waals surface area contributed by atoms with Crippen LogP contribution in [-0.2, 0) is 12.8 Å². The summed E-state index contributed by atoms with van der Waals surface area (Å²) in [5.74, 6) is 0. The highest BCUT2D eigenvalue weighted by molar-refractivity contribution is 7.08. The van der Waals surface area contributed by atoms with Crippen molar-refractivity contribution in [1.82, 2.24) is 0 Å². The average molecular weight is 309 g/mol. The molecule has 0 aromatic carbocycles. The Morgan fingerprint density at radius 1 is 0.571 bits per heavy atom. The van der Waals surface area contributed by atoms with Crippen LogP contribution in [0, 0.1) is 0 Å². The normalized spacial score (nSPS) is 11.1. The second-order valence-electron chi connectivity index (χ2n) is 6.46. The highest BCUT2D eigenvalue weighted by Gasteiger charge is 2.03. The van der Waals surface area contributed by atoms with Crippen molar-refractivity contribution in [3.63, 3.8) is 0 Å². The fraction of sp³-hybridized carbons (Fsp3) is 0.800. The van der Waals surface area contributed by atoms with Crippen LogP contribution in [-0.4, -0.2) is 0 Å². The van der Waals surface area contributed by atoms with E-state index in [9.17, 15) is 0 Å². The third kappa shape index (κ3) is 9.34. The molecule has 1 aromatic rings. The molecule has 122 valence electrons. The zero-order chi connectivity index (χ0) is 15.2. The van der Waals surface area contributed by atoms with Gasteiger partial charge in [-0.1, -0.05) is 78.1 Å². The molecule has 0 N–H and O–H groups in total. The van der Waals surface area contributed by atoms with Crippen molar-refractivity contribution < 1.29 is 0 Å². The number of aryl methyl sites for hydroxylation is 2. The van der Waals surface area contributed by atoms with Gasteiger partial charge in [0.15, 0.2) is 0 Å². The first-order chi connectivity index (χ1) is 10.4. The Kier molecular flexibility index (Phi) is 11.9. The molecule has 21 heavy (non-hydrogen) atoms. The third-order valence-electron chi connectivity index (χ3n) is 4.43. The summed E-state index contributed by atoms with van der Waals surface area (Å²) < 4.78 is 0.